The minimum absolute atomic E-state index is 0.134. The van der Waals surface area contributed by atoms with E-state index in [2.05, 4.69) is 0 Å². The molecule has 3 aromatic carbocycles. The monoisotopic (exact) mass is 510 g/mol. The van der Waals surface area contributed by atoms with E-state index in [1.807, 2.05) is 0 Å². The van der Waals surface area contributed by atoms with E-state index in [0.717, 1.165) is 35.9 Å². The molecule has 0 aliphatic carbocycles. The number of carboxylic acid groups (broad SMARTS) is 1. The van der Waals surface area contributed by atoms with Crippen molar-refractivity contribution in [2.45, 2.75) is 0 Å². The summed E-state index contributed by atoms with van der Waals surface area (Å²) in [5.74, 6) is -2.51. The molecule has 0 amide bonds. The number of benzene rings is 3. The van der Waals surface area contributed by atoms with Crippen molar-refractivity contribution in [1.82, 2.24) is 0 Å². The van der Waals surface area contributed by atoms with Crippen LogP contribution in [-0.2, 0) is 4.79 Å². The number of aliphatic carboxylic acids is 1. The van der Waals surface area contributed by atoms with Gasteiger partial charge >= 0.3 is 5.97 Å². The first kappa shape index (κ1) is 26.3. The Hall–Kier alpha value is -5.32. The van der Waals surface area contributed by atoms with Crippen molar-refractivity contribution < 1.29 is 49.3 Å². The molecule has 6 N–H and O–H groups in total. The summed E-state index contributed by atoms with van der Waals surface area (Å²) < 4.78 is 15.5. The molecule has 0 spiro atoms. The van der Waals surface area contributed by atoms with Gasteiger partial charge in [-0.2, -0.15) is 0 Å². The SMILES string of the molecule is COc1ccc(C=CC(=O)O)cc1OC.O=c1c(O)c(-c2ccc(O)c(O)c2)oc2cc(O)cc(O)c12. The van der Waals surface area contributed by atoms with Crippen LogP contribution in [0.3, 0.4) is 0 Å². The minimum Gasteiger partial charge on any atom is -0.508 e. The van der Waals surface area contributed by atoms with E-state index in [9.17, 15) is 35.1 Å². The Kier molecular flexibility index (Phi) is 7.78. The van der Waals surface area contributed by atoms with E-state index >= 15 is 0 Å². The first-order valence-corrected chi connectivity index (χ1v) is 10.4. The molecule has 0 saturated carbocycles. The Morgan fingerprint density at radius 3 is 2.16 bits per heavy atom. The molecule has 1 aromatic heterocycles. The van der Waals surface area contributed by atoms with E-state index in [-0.39, 0.29) is 33.8 Å². The van der Waals surface area contributed by atoms with E-state index in [1.54, 1.807) is 25.3 Å². The van der Waals surface area contributed by atoms with Crippen molar-refractivity contribution >= 4 is 23.0 Å². The maximum absolute atomic E-state index is 12.1. The summed E-state index contributed by atoms with van der Waals surface area (Å²) in [5.41, 5.74) is -0.145. The molecule has 0 aliphatic heterocycles. The number of phenolic OH excluding ortho intramolecular Hbond substituents is 4. The molecule has 4 rings (SSSR count). The topological polar surface area (TPSA) is 187 Å². The van der Waals surface area contributed by atoms with Crippen LogP contribution in [0.4, 0.5) is 0 Å². The largest absolute Gasteiger partial charge is 0.508 e. The zero-order valence-electron chi connectivity index (χ0n) is 19.5. The lowest BCUT2D eigenvalue weighted by atomic mass is 10.1. The highest BCUT2D eigenvalue weighted by Crippen LogP contribution is 2.37. The molecule has 0 atom stereocenters. The van der Waals surface area contributed by atoms with Gasteiger partial charge in [-0.25, -0.2) is 4.79 Å². The number of fused-ring (bicyclic) bond motifs is 1. The second kappa shape index (κ2) is 11.0. The Balaban J connectivity index is 0.000000222. The van der Waals surface area contributed by atoms with Crippen molar-refractivity contribution in [1.29, 1.82) is 0 Å². The van der Waals surface area contributed by atoms with Gasteiger partial charge in [0.25, 0.3) is 0 Å². The van der Waals surface area contributed by atoms with Crippen LogP contribution < -0.4 is 14.9 Å². The van der Waals surface area contributed by atoms with Crippen LogP contribution in [0.15, 0.2) is 63.8 Å². The highest BCUT2D eigenvalue weighted by molar-refractivity contribution is 5.88. The summed E-state index contributed by atoms with van der Waals surface area (Å²) in [6, 6.07) is 10.8. The summed E-state index contributed by atoms with van der Waals surface area (Å²) in [4.78, 5) is 22.5. The van der Waals surface area contributed by atoms with Gasteiger partial charge in [0.1, 0.15) is 22.5 Å². The summed E-state index contributed by atoms with van der Waals surface area (Å²) in [6.07, 6.45) is 2.56. The quantitative estimate of drug-likeness (QED) is 0.169. The van der Waals surface area contributed by atoms with Gasteiger partial charge in [0.2, 0.25) is 11.2 Å². The van der Waals surface area contributed by atoms with Crippen LogP contribution in [-0.4, -0.2) is 50.8 Å². The predicted octanol–water partition coefficient (Wildman–Crippen LogP) is 3.79. The van der Waals surface area contributed by atoms with Crippen LogP contribution in [0, 0.1) is 0 Å². The fourth-order valence-electron chi connectivity index (χ4n) is 3.26. The lowest BCUT2D eigenvalue weighted by molar-refractivity contribution is -0.131. The molecule has 0 unspecified atom stereocenters. The number of methoxy groups -OCH3 is 2. The van der Waals surface area contributed by atoms with E-state index in [4.69, 9.17) is 19.0 Å². The van der Waals surface area contributed by atoms with Crippen molar-refractivity contribution in [2.24, 2.45) is 0 Å². The van der Waals surface area contributed by atoms with Crippen LogP contribution >= 0.6 is 0 Å². The van der Waals surface area contributed by atoms with Gasteiger partial charge in [-0.1, -0.05) is 6.07 Å². The fourth-order valence-corrected chi connectivity index (χ4v) is 3.26. The number of hydrogen-bond acceptors (Lipinski definition) is 10. The summed E-state index contributed by atoms with van der Waals surface area (Å²) in [7, 11) is 3.08. The lowest BCUT2D eigenvalue weighted by Crippen LogP contribution is -2.02. The zero-order valence-corrected chi connectivity index (χ0v) is 19.5. The second-order valence-electron chi connectivity index (χ2n) is 7.44. The van der Waals surface area contributed by atoms with E-state index in [1.165, 1.54) is 19.3 Å². The number of carboxylic acids is 1. The molecule has 0 radical (unpaired) electrons. The molecule has 11 heteroatoms. The summed E-state index contributed by atoms with van der Waals surface area (Å²) in [6.45, 7) is 0. The predicted molar refractivity (Wildman–Crippen MR) is 132 cm³/mol. The Morgan fingerprint density at radius 2 is 1.54 bits per heavy atom. The van der Waals surface area contributed by atoms with Crippen LogP contribution in [0.25, 0.3) is 28.4 Å². The fraction of sp³-hybridized carbons (Fsp3) is 0.0769. The molecule has 0 fully saturated rings. The molecule has 37 heavy (non-hydrogen) atoms. The van der Waals surface area contributed by atoms with Gasteiger partial charge in [-0.15, -0.1) is 0 Å². The Bertz CT molecular complexity index is 1550. The lowest BCUT2D eigenvalue weighted by Gasteiger charge is -2.08. The van der Waals surface area contributed by atoms with Crippen molar-refractivity contribution in [2.75, 3.05) is 14.2 Å². The Labute approximate surface area is 208 Å². The second-order valence-corrected chi connectivity index (χ2v) is 7.44. The smallest absolute Gasteiger partial charge is 0.328 e. The number of aromatic hydroxyl groups is 5. The zero-order chi connectivity index (χ0) is 27.3. The number of carbonyl (C=O) groups is 1. The number of phenols is 4. The van der Waals surface area contributed by atoms with Crippen LogP contribution in [0.2, 0.25) is 0 Å². The molecule has 11 nitrogen and oxygen atoms in total. The van der Waals surface area contributed by atoms with Gasteiger partial charge in [0.15, 0.2) is 28.8 Å². The van der Waals surface area contributed by atoms with Gasteiger partial charge in [-0.05, 0) is 42.0 Å². The third kappa shape index (κ3) is 5.85. The highest BCUT2D eigenvalue weighted by Gasteiger charge is 2.19. The first-order chi connectivity index (χ1) is 17.5. The highest BCUT2D eigenvalue weighted by atomic mass is 16.5. The van der Waals surface area contributed by atoms with Crippen molar-refractivity contribution in [3.05, 3.63) is 70.4 Å². The normalized spacial score (nSPS) is 10.6. The average Bonchev–Trinajstić information content (AvgIpc) is 2.86. The maximum Gasteiger partial charge on any atom is 0.328 e. The first-order valence-electron chi connectivity index (χ1n) is 10.4. The van der Waals surface area contributed by atoms with E-state index < -0.39 is 28.6 Å². The molecular formula is C26H22O11. The molecular weight excluding hydrogens is 488 g/mol. The number of ether oxygens (including phenoxy) is 2. The maximum atomic E-state index is 12.1. The van der Waals surface area contributed by atoms with Gasteiger partial charge < -0.3 is 44.5 Å². The standard InChI is InChI=1S/C15H10O7.C11H12O4/c16-7-4-10(19)12-11(5-7)22-15(14(21)13(12)20)6-1-2-8(17)9(18)3-6;1-14-9-5-3-8(4-6-11(12)13)7-10(9)15-2/h1-5,16-19,21H;3-7H,1-2H3,(H,12,13). The average molecular weight is 510 g/mol. The summed E-state index contributed by atoms with van der Waals surface area (Å²) in [5, 5.41) is 56.1. The third-order valence-corrected chi connectivity index (χ3v) is 5.00. The van der Waals surface area contributed by atoms with Crippen molar-refractivity contribution in [3.63, 3.8) is 0 Å². The summed E-state index contributed by atoms with van der Waals surface area (Å²) >= 11 is 0. The molecule has 4 aromatic rings. The number of rotatable bonds is 5. The van der Waals surface area contributed by atoms with Crippen LogP contribution in [0.1, 0.15) is 5.56 Å². The van der Waals surface area contributed by atoms with Gasteiger partial charge in [0.05, 0.1) is 14.2 Å². The molecule has 0 bridgehead atoms. The van der Waals surface area contributed by atoms with Crippen molar-refractivity contribution in [3.8, 4) is 51.6 Å². The molecule has 192 valence electrons. The van der Waals surface area contributed by atoms with Gasteiger partial charge in [0, 0.05) is 23.8 Å². The van der Waals surface area contributed by atoms with E-state index in [0.29, 0.717) is 11.5 Å². The Morgan fingerprint density at radius 1 is 0.838 bits per heavy atom. The molecule has 0 aliphatic rings. The molecule has 1 heterocycles. The van der Waals surface area contributed by atoms with Gasteiger partial charge in [-0.3, -0.25) is 4.79 Å². The van der Waals surface area contributed by atoms with Crippen LogP contribution in [0.5, 0.6) is 40.2 Å². The molecule has 0 saturated heterocycles. The third-order valence-electron chi connectivity index (χ3n) is 5.00. The minimum atomic E-state index is -0.982. The number of hydrogen-bond donors (Lipinski definition) is 6.